The summed E-state index contributed by atoms with van der Waals surface area (Å²) in [6.45, 7) is 3.04. The molecule has 1 aliphatic rings. The summed E-state index contributed by atoms with van der Waals surface area (Å²) in [5.74, 6) is 1.99. The van der Waals surface area contributed by atoms with Crippen LogP contribution in [-0.2, 0) is 11.2 Å². The highest BCUT2D eigenvalue weighted by Crippen LogP contribution is 2.25. The van der Waals surface area contributed by atoms with E-state index in [1.54, 1.807) is 0 Å². The molecule has 0 aliphatic heterocycles. The first kappa shape index (κ1) is 14.5. The van der Waals surface area contributed by atoms with Crippen LogP contribution in [0.4, 0.5) is 0 Å². The summed E-state index contributed by atoms with van der Waals surface area (Å²) in [5.41, 5.74) is 5.94. The van der Waals surface area contributed by atoms with Gasteiger partial charge in [0.1, 0.15) is 0 Å². The van der Waals surface area contributed by atoms with Crippen LogP contribution in [0.5, 0.6) is 0 Å². The highest BCUT2D eigenvalue weighted by Gasteiger charge is 2.18. The first-order valence-electron chi connectivity index (χ1n) is 7.45. The Labute approximate surface area is 114 Å². The third kappa shape index (κ3) is 4.58. The van der Waals surface area contributed by atoms with Crippen LogP contribution < -0.4 is 5.73 Å². The lowest BCUT2D eigenvalue weighted by Gasteiger charge is -2.10. The molecule has 1 aromatic rings. The van der Waals surface area contributed by atoms with Crippen molar-refractivity contribution >= 4 is 0 Å². The molecule has 5 nitrogen and oxygen atoms in total. The smallest absolute Gasteiger partial charge is 0.226 e. The van der Waals surface area contributed by atoms with Crippen molar-refractivity contribution in [1.82, 2.24) is 10.1 Å². The Bertz CT molecular complexity index is 359. The van der Waals surface area contributed by atoms with Crippen LogP contribution in [-0.4, -0.2) is 23.4 Å². The monoisotopic (exact) mass is 267 g/mol. The standard InChI is InChI=1S/C14H25N3O2/c1-2-18-10-12(15)14-16-13(19-17-14)9-11-7-5-3-4-6-8-11/h11-12H,2-10,15H2,1H3. The van der Waals surface area contributed by atoms with E-state index in [-0.39, 0.29) is 6.04 Å². The van der Waals surface area contributed by atoms with Gasteiger partial charge in [0.05, 0.1) is 12.6 Å². The molecule has 0 aromatic carbocycles. The summed E-state index contributed by atoms with van der Waals surface area (Å²) >= 11 is 0. The number of nitrogens with two attached hydrogens (primary N) is 1. The lowest BCUT2D eigenvalue weighted by Crippen LogP contribution is -2.18. The van der Waals surface area contributed by atoms with Crippen molar-refractivity contribution in [3.63, 3.8) is 0 Å². The van der Waals surface area contributed by atoms with Gasteiger partial charge in [0.15, 0.2) is 5.82 Å². The summed E-state index contributed by atoms with van der Waals surface area (Å²) in [4.78, 5) is 4.41. The summed E-state index contributed by atoms with van der Waals surface area (Å²) in [7, 11) is 0. The summed E-state index contributed by atoms with van der Waals surface area (Å²) in [6.07, 6.45) is 8.85. The van der Waals surface area contributed by atoms with E-state index < -0.39 is 0 Å². The highest BCUT2D eigenvalue weighted by molar-refractivity contribution is 4.94. The quantitative estimate of drug-likeness (QED) is 0.802. The van der Waals surface area contributed by atoms with Crippen LogP contribution in [0.25, 0.3) is 0 Å². The van der Waals surface area contributed by atoms with Gasteiger partial charge in [-0.3, -0.25) is 0 Å². The molecule has 1 aromatic heterocycles. The molecule has 1 aliphatic carbocycles. The van der Waals surface area contributed by atoms with Gasteiger partial charge in [-0.2, -0.15) is 4.98 Å². The predicted octanol–water partition coefficient (Wildman–Crippen LogP) is 2.62. The van der Waals surface area contributed by atoms with Gasteiger partial charge >= 0.3 is 0 Å². The predicted molar refractivity (Wildman–Crippen MR) is 72.6 cm³/mol. The third-order valence-electron chi connectivity index (χ3n) is 3.76. The summed E-state index contributed by atoms with van der Waals surface area (Å²) in [6, 6.07) is -0.286. The molecule has 0 amide bonds. The molecule has 19 heavy (non-hydrogen) atoms. The minimum absolute atomic E-state index is 0.286. The van der Waals surface area contributed by atoms with Crippen molar-refractivity contribution in [1.29, 1.82) is 0 Å². The molecule has 5 heteroatoms. The molecule has 0 saturated heterocycles. The number of hydrogen-bond donors (Lipinski definition) is 1. The maximum Gasteiger partial charge on any atom is 0.226 e. The Kier molecular flexibility index (Phi) is 5.79. The fraction of sp³-hybridized carbons (Fsp3) is 0.857. The average Bonchev–Trinajstić information content (AvgIpc) is 2.73. The highest BCUT2D eigenvalue weighted by atomic mass is 16.5. The molecule has 2 N–H and O–H groups in total. The number of hydrogen-bond acceptors (Lipinski definition) is 5. The van der Waals surface area contributed by atoms with Crippen molar-refractivity contribution in [3.8, 4) is 0 Å². The molecule has 1 fully saturated rings. The van der Waals surface area contributed by atoms with E-state index in [1.165, 1.54) is 38.5 Å². The van der Waals surface area contributed by atoms with Crippen molar-refractivity contribution in [2.75, 3.05) is 13.2 Å². The van der Waals surface area contributed by atoms with Gasteiger partial charge in [-0.1, -0.05) is 30.8 Å². The zero-order valence-electron chi connectivity index (χ0n) is 11.8. The molecule has 108 valence electrons. The fourth-order valence-corrected chi connectivity index (χ4v) is 2.64. The zero-order valence-corrected chi connectivity index (χ0v) is 11.8. The van der Waals surface area contributed by atoms with Gasteiger partial charge in [-0.15, -0.1) is 0 Å². The first-order chi connectivity index (χ1) is 9.29. The van der Waals surface area contributed by atoms with Crippen LogP contribution in [0.1, 0.15) is 63.2 Å². The van der Waals surface area contributed by atoms with Gasteiger partial charge in [0.2, 0.25) is 5.89 Å². The van der Waals surface area contributed by atoms with Crippen LogP contribution in [0.15, 0.2) is 4.52 Å². The van der Waals surface area contributed by atoms with E-state index in [4.69, 9.17) is 15.0 Å². The van der Waals surface area contributed by atoms with E-state index in [1.807, 2.05) is 6.92 Å². The minimum Gasteiger partial charge on any atom is -0.380 e. The second kappa shape index (κ2) is 7.60. The minimum atomic E-state index is -0.286. The van der Waals surface area contributed by atoms with Crippen LogP contribution in [0.2, 0.25) is 0 Å². The number of ether oxygens (including phenoxy) is 1. The maximum atomic E-state index is 5.94. The first-order valence-corrected chi connectivity index (χ1v) is 7.45. The lowest BCUT2D eigenvalue weighted by molar-refractivity contribution is 0.130. The number of aromatic nitrogens is 2. The van der Waals surface area contributed by atoms with Crippen LogP contribution in [0, 0.1) is 5.92 Å². The van der Waals surface area contributed by atoms with Gasteiger partial charge in [-0.05, 0) is 25.7 Å². The molecule has 1 saturated carbocycles. The van der Waals surface area contributed by atoms with Gasteiger partial charge in [0, 0.05) is 13.0 Å². The molecule has 0 spiro atoms. The molecule has 1 unspecified atom stereocenters. The largest absolute Gasteiger partial charge is 0.380 e. The Morgan fingerprint density at radius 1 is 1.32 bits per heavy atom. The zero-order chi connectivity index (χ0) is 13.5. The Balaban J connectivity index is 1.85. The molecule has 0 bridgehead atoms. The SMILES string of the molecule is CCOCC(N)c1noc(CC2CCCCCC2)n1. The van der Waals surface area contributed by atoms with Gasteiger partial charge < -0.3 is 15.0 Å². The van der Waals surface area contributed by atoms with Gasteiger partial charge in [0.25, 0.3) is 0 Å². The molecular formula is C14H25N3O2. The average molecular weight is 267 g/mol. The fourth-order valence-electron chi connectivity index (χ4n) is 2.64. The van der Waals surface area contributed by atoms with Crippen molar-refractivity contribution < 1.29 is 9.26 Å². The summed E-state index contributed by atoms with van der Waals surface area (Å²) < 4.78 is 10.6. The topological polar surface area (TPSA) is 74.2 Å². The molecular weight excluding hydrogens is 242 g/mol. The number of rotatable bonds is 6. The lowest BCUT2D eigenvalue weighted by atomic mass is 9.97. The third-order valence-corrected chi connectivity index (χ3v) is 3.76. The second-order valence-electron chi connectivity index (χ2n) is 5.37. The Hall–Kier alpha value is -0.940. The van der Waals surface area contributed by atoms with E-state index in [9.17, 15) is 0 Å². The molecule has 1 heterocycles. The van der Waals surface area contributed by atoms with Crippen molar-refractivity contribution in [2.24, 2.45) is 11.7 Å². The van der Waals surface area contributed by atoms with Crippen molar-refractivity contribution in [3.05, 3.63) is 11.7 Å². The van der Waals surface area contributed by atoms with Gasteiger partial charge in [-0.25, -0.2) is 0 Å². The molecule has 0 radical (unpaired) electrons. The van der Waals surface area contributed by atoms with E-state index in [0.717, 1.165) is 12.3 Å². The Morgan fingerprint density at radius 3 is 2.74 bits per heavy atom. The van der Waals surface area contributed by atoms with Crippen LogP contribution in [0.3, 0.4) is 0 Å². The second-order valence-corrected chi connectivity index (χ2v) is 5.37. The normalized spacial score (nSPS) is 19.3. The van der Waals surface area contributed by atoms with E-state index >= 15 is 0 Å². The van der Waals surface area contributed by atoms with E-state index in [0.29, 0.717) is 25.0 Å². The van der Waals surface area contributed by atoms with E-state index in [2.05, 4.69) is 10.1 Å². The maximum absolute atomic E-state index is 5.94. The molecule has 2 rings (SSSR count). The van der Waals surface area contributed by atoms with Crippen LogP contribution >= 0.6 is 0 Å². The number of nitrogens with zero attached hydrogens (tertiary/aromatic N) is 2. The Morgan fingerprint density at radius 2 is 2.05 bits per heavy atom. The van der Waals surface area contributed by atoms with Crippen molar-refractivity contribution in [2.45, 2.75) is 57.9 Å². The summed E-state index contributed by atoms with van der Waals surface area (Å²) in [5, 5.41) is 3.97. The molecule has 1 atom stereocenters.